The molecule has 7 heteroatoms. The second kappa shape index (κ2) is 6.37. The van der Waals surface area contributed by atoms with Gasteiger partial charge in [-0.05, 0) is 40.5 Å². The van der Waals surface area contributed by atoms with E-state index in [1.54, 1.807) is 6.20 Å². The Kier molecular flexibility index (Phi) is 4.73. The number of nitrogen functional groups attached to an aromatic ring is 1. The molecule has 1 aliphatic rings. The summed E-state index contributed by atoms with van der Waals surface area (Å²) in [6.45, 7) is 8.99. The van der Waals surface area contributed by atoms with Crippen molar-refractivity contribution in [2.24, 2.45) is 0 Å². The zero-order chi connectivity index (χ0) is 16.3. The van der Waals surface area contributed by atoms with Crippen molar-refractivity contribution in [2.45, 2.75) is 52.2 Å². The highest BCUT2D eigenvalue weighted by Crippen LogP contribution is 2.24. The van der Waals surface area contributed by atoms with Gasteiger partial charge in [-0.3, -0.25) is 0 Å². The lowest BCUT2D eigenvalue weighted by atomic mass is 10.0. The number of piperidine rings is 1. The summed E-state index contributed by atoms with van der Waals surface area (Å²) in [4.78, 5) is 22.3. The molecule has 7 nitrogen and oxygen atoms in total. The predicted molar refractivity (Wildman–Crippen MR) is 85.8 cm³/mol. The molecular formula is C15H25N5O2. The molecule has 1 saturated heterocycles. The van der Waals surface area contributed by atoms with Crippen molar-refractivity contribution >= 4 is 17.6 Å². The highest BCUT2D eigenvalue weighted by molar-refractivity contribution is 5.68. The van der Waals surface area contributed by atoms with E-state index in [-0.39, 0.29) is 12.1 Å². The van der Waals surface area contributed by atoms with Crippen LogP contribution in [0.25, 0.3) is 0 Å². The van der Waals surface area contributed by atoms with Gasteiger partial charge < -0.3 is 20.7 Å². The van der Waals surface area contributed by atoms with E-state index in [1.165, 1.54) is 0 Å². The van der Waals surface area contributed by atoms with E-state index in [2.05, 4.69) is 20.2 Å². The Hall–Kier alpha value is -2.05. The summed E-state index contributed by atoms with van der Waals surface area (Å²) in [6, 6.07) is 0.124. The molecule has 3 N–H and O–H groups in total. The van der Waals surface area contributed by atoms with Crippen LogP contribution in [0.15, 0.2) is 6.20 Å². The maximum absolute atomic E-state index is 11.8. The summed E-state index contributed by atoms with van der Waals surface area (Å²) in [5.74, 6) is 1.17. The number of amides is 1. The number of rotatable bonds is 2. The average molecular weight is 307 g/mol. The quantitative estimate of drug-likeness (QED) is 0.866. The Balaban J connectivity index is 1.86. The molecule has 0 aromatic carbocycles. The third-order valence-corrected chi connectivity index (χ3v) is 3.47. The molecule has 0 spiro atoms. The number of hydrogen-bond donors (Lipinski definition) is 2. The topological polar surface area (TPSA) is 93.4 Å². The molecule has 2 heterocycles. The van der Waals surface area contributed by atoms with Crippen molar-refractivity contribution in [1.29, 1.82) is 0 Å². The number of nitrogens with two attached hydrogens (primary N) is 1. The Bertz CT molecular complexity index is 533. The molecule has 1 amide bonds. The van der Waals surface area contributed by atoms with E-state index in [9.17, 15) is 4.79 Å². The summed E-state index contributed by atoms with van der Waals surface area (Å²) in [5, 5.41) is 2.92. The number of nitrogens with one attached hydrogen (secondary N) is 1. The minimum absolute atomic E-state index is 0.124. The zero-order valence-corrected chi connectivity index (χ0v) is 13.7. The minimum atomic E-state index is -0.474. The smallest absolute Gasteiger partial charge is 0.407 e. The first-order chi connectivity index (χ1) is 10.2. The van der Waals surface area contributed by atoms with Crippen LogP contribution in [-0.2, 0) is 4.74 Å². The second-order valence-electron chi connectivity index (χ2n) is 6.60. The summed E-state index contributed by atoms with van der Waals surface area (Å²) in [7, 11) is 0. The van der Waals surface area contributed by atoms with E-state index < -0.39 is 5.60 Å². The summed E-state index contributed by atoms with van der Waals surface area (Å²) in [6.07, 6.45) is 3.09. The Morgan fingerprint density at radius 1 is 1.41 bits per heavy atom. The van der Waals surface area contributed by atoms with Crippen LogP contribution in [0.4, 0.5) is 16.3 Å². The molecule has 1 fully saturated rings. The molecule has 1 aromatic rings. The van der Waals surface area contributed by atoms with E-state index in [0.29, 0.717) is 11.6 Å². The van der Waals surface area contributed by atoms with Crippen LogP contribution in [0.3, 0.4) is 0 Å². The normalized spacial score (nSPS) is 16.5. The minimum Gasteiger partial charge on any atom is -0.444 e. The lowest BCUT2D eigenvalue weighted by Gasteiger charge is -2.34. The first-order valence-electron chi connectivity index (χ1n) is 7.58. The van der Waals surface area contributed by atoms with Crippen molar-refractivity contribution in [1.82, 2.24) is 15.3 Å². The van der Waals surface area contributed by atoms with Gasteiger partial charge in [-0.15, -0.1) is 0 Å². The van der Waals surface area contributed by atoms with E-state index in [1.807, 2.05) is 27.7 Å². The van der Waals surface area contributed by atoms with Crippen LogP contribution in [0, 0.1) is 6.92 Å². The summed E-state index contributed by atoms with van der Waals surface area (Å²) < 4.78 is 5.28. The molecule has 0 saturated carbocycles. The van der Waals surface area contributed by atoms with Crippen LogP contribution in [0.5, 0.6) is 0 Å². The number of anilines is 2. The Labute approximate surface area is 131 Å². The molecule has 122 valence electrons. The van der Waals surface area contributed by atoms with Gasteiger partial charge >= 0.3 is 6.09 Å². The predicted octanol–water partition coefficient (Wildman–Crippen LogP) is 1.86. The largest absolute Gasteiger partial charge is 0.444 e. The first kappa shape index (κ1) is 16.3. The molecule has 1 aliphatic heterocycles. The monoisotopic (exact) mass is 307 g/mol. The van der Waals surface area contributed by atoms with Gasteiger partial charge in [0.1, 0.15) is 11.4 Å². The van der Waals surface area contributed by atoms with Gasteiger partial charge in [-0.25, -0.2) is 14.8 Å². The van der Waals surface area contributed by atoms with Crippen LogP contribution >= 0.6 is 0 Å². The van der Waals surface area contributed by atoms with E-state index in [0.717, 1.165) is 31.6 Å². The molecule has 0 radical (unpaired) electrons. The van der Waals surface area contributed by atoms with Gasteiger partial charge in [-0.2, -0.15) is 0 Å². The van der Waals surface area contributed by atoms with Crippen molar-refractivity contribution in [3.63, 3.8) is 0 Å². The molecule has 22 heavy (non-hydrogen) atoms. The van der Waals surface area contributed by atoms with Crippen LogP contribution in [0.2, 0.25) is 0 Å². The van der Waals surface area contributed by atoms with Crippen LogP contribution in [-0.4, -0.2) is 40.8 Å². The number of carbonyl (C=O) groups excluding carboxylic acids is 1. The van der Waals surface area contributed by atoms with Crippen molar-refractivity contribution < 1.29 is 9.53 Å². The number of carbonyl (C=O) groups is 1. The summed E-state index contributed by atoms with van der Waals surface area (Å²) >= 11 is 0. The number of aryl methyl sites for hydroxylation is 1. The lowest BCUT2D eigenvalue weighted by Crippen LogP contribution is -2.46. The van der Waals surface area contributed by atoms with Crippen LogP contribution < -0.4 is 16.0 Å². The molecule has 0 unspecified atom stereocenters. The molecule has 2 rings (SSSR count). The van der Waals surface area contributed by atoms with Gasteiger partial charge in [0.05, 0.1) is 11.9 Å². The van der Waals surface area contributed by atoms with Crippen LogP contribution in [0.1, 0.15) is 39.4 Å². The molecule has 0 aliphatic carbocycles. The Morgan fingerprint density at radius 2 is 2.05 bits per heavy atom. The number of alkyl carbamates (subject to hydrolysis) is 1. The zero-order valence-electron chi connectivity index (χ0n) is 13.7. The standard InChI is InChI=1S/C15H25N5O2/c1-10-17-9-12(13(16)18-10)20-7-5-11(6-8-20)19-14(21)22-15(2,3)4/h9,11H,5-8H2,1-4H3,(H,19,21)(H2,16,17,18). The fourth-order valence-corrected chi connectivity index (χ4v) is 2.46. The SMILES string of the molecule is Cc1ncc(N2CCC(NC(=O)OC(C)(C)C)CC2)c(N)n1. The molecule has 0 atom stereocenters. The van der Waals surface area contributed by atoms with E-state index >= 15 is 0 Å². The maximum Gasteiger partial charge on any atom is 0.407 e. The molecular weight excluding hydrogens is 282 g/mol. The Morgan fingerprint density at radius 3 is 2.59 bits per heavy atom. The number of aromatic nitrogens is 2. The third-order valence-electron chi connectivity index (χ3n) is 3.47. The summed E-state index contributed by atoms with van der Waals surface area (Å²) in [5.41, 5.74) is 6.34. The number of ether oxygens (including phenoxy) is 1. The van der Waals surface area contributed by atoms with E-state index in [4.69, 9.17) is 10.5 Å². The highest BCUT2D eigenvalue weighted by atomic mass is 16.6. The van der Waals surface area contributed by atoms with Crippen molar-refractivity contribution in [3.8, 4) is 0 Å². The van der Waals surface area contributed by atoms with Gasteiger partial charge in [0.25, 0.3) is 0 Å². The third kappa shape index (κ3) is 4.47. The highest BCUT2D eigenvalue weighted by Gasteiger charge is 2.24. The van der Waals surface area contributed by atoms with Gasteiger partial charge in [0.2, 0.25) is 0 Å². The molecule has 1 aromatic heterocycles. The maximum atomic E-state index is 11.8. The molecule has 0 bridgehead atoms. The average Bonchev–Trinajstić information content (AvgIpc) is 2.38. The fraction of sp³-hybridized carbons (Fsp3) is 0.667. The number of nitrogens with zero attached hydrogens (tertiary/aromatic N) is 3. The fourth-order valence-electron chi connectivity index (χ4n) is 2.46. The second-order valence-corrected chi connectivity index (χ2v) is 6.60. The van der Waals surface area contributed by atoms with Gasteiger partial charge in [0.15, 0.2) is 5.82 Å². The van der Waals surface area contributed by atoms with Crippen molar-refractivity contribution in [3.05, 3.63) is 12.0 Å². The van der Waals surface area contributed by atoms with Crippen molar-refractivity contribution in [2.75, 3.05) is 23.7 Å². The van der Waals surface area contributed by atoms with Gasteiger partial charge in [0, 0.05) is 19.1 Å². The first-order valence-corrected chi connectivity index (χ1v) is 7.58. The lowest BCUT2D eigenvalue weighted by molar-refractivity contribution is 0.0497. The van der Waals surface area contributed by atoms with Gasteiger partial charge in [-0.1, -0.05) is 0 Å². The number of hydrogen-bond acceptors (Lipinski definition) is 6.